The van der Waals surface area contributed by atoms with E-state index in [4.69, 9.17) is 8.83 Å². The Kier molecular flexibility index (Phi) is 14.4. The molecule has 528 valence electrons. The monoisotopic (exact) mass is 1430 g/mol. The van der Waals surface area contributed by atoms with Gasteiger partial charge in [0.25, 0.3) is 0 Å². The van der Waals surface area contributed by atoms with Crippen LogP contribution in [0.3, 0.4) is 0 Å². The quantitative estimate of drug-likeness (QED) is 0.122. The van der Waals surface area contributed by atoms with Gasteiger partial charge in [0.1, 0.15) is 11.2 Å². The van der Waals surface area contributed by atoms with Crippen molar-refractivity contribution in [2.45, 2.75) is 49.4 Å². The van der Waals surface area contributed by atoms with Crippen molar-refractivity contribution in [1.82, 2.24) is 0 Å². The van der Waals surface area contributed by atoms with E-state index in [1.165, 1.54) is 117 Å². The largest absolute Gasteiger partial charge is 0.454 e. The van der Waals surface area contributed by atoms with Gasteiger partial charge >= 0.3 is 0 Å². The van der Waals surface area contributed by atoms with Gasteiger partial charge < -0.3 is 18.6 Å². The summed E-state index contributed by atoms with van der Waals surface area (Å²) in [5.74, 6) is 0.436. The molecule has 2 heterocycles. The highest BCUT2D eigenvalue weighted by molar-refractivity contribution is 6.16. The van der Waals surface area contributed by atoms with Crippen LogP contribution in [-0.2, 0) is 10.8 Å². The predicted molar refractivity (Wildman–Crippen MR) is 466 cm³/mol. The first-order valence-electron chi connectivity index (χ1n) is 39.5. The smallest absolute Gasteiger partial charge is 0.159 e. The standard InChI is InChI=1S/C108H74N2O2/c1-68-26-23-44-93-94-46-25-47-97(105(94)111-103(68)93)109(82-56-62-86-73(64-82)52-60-91-89-58-50-71-29-19-21-41-84(71)99(89)107(101(86)91,76-31-7-2-8-32-76)77-33-9-3-10-34-77)81-54-48-69(49-55-81)75-66-96-95-45-24-43-88(70-27-17-18-28-70)104(95)112-106(96)98(67-75)110(80-39-15-6-16-40-80)83-57-63-87-74(65-83)53-61-92-90-59-51-72-30-20-22-42-85(72)100(90)108(102(87)92,78-35-11-4-12-36-78)79-37-13-5-14-38-79/h2-16,19-26,29-67,70H,17-18,27-28H2,1H3. The van der Waals surface area contributed by atoms with Crippen LogP contribution in [0.4, 0.5) is 34.1 Å². The fourth-order valence-electron chi connectivity index (χ4n) is 20.6. The molecule has 2 aromatic heterocycles. The molecule has 23 rings (SSSR count). The van der Waals surface area contributed by atoms with Crippen LogP contribution in [0.15, 0.2) is 385 Å². The molecule has 0 spiro atoms. The van der Waals surface area contributed by atoms with Gasteiger partial charge in [0.05, 0.1) is 22.2 Å². The average molecular weight is 1430 g/mol. The van der Waals surface area contributed by atoms with Crippen LogP contribution < -0.4 is 9.80 Å². The van der Waals surface area contributed by atoms with Gasteiger partial charge in [0.2, 0.25) is 0 Å². The van der Waals surface area contributed by atoms with Gasteiger partial charge in [-0.05, 0) is 225 Å². The molecule has 0 radical (unpaired) electrons. The summed E-state index contributed by atoms with van der Waals surface area (Å²) in [6, 6.07) is 141. The Bertz CT molecular complexity index is 7120. The number of anilines is 6. The lowest BCUT2D eigenvalue weighted by Crippen LogP contribution is -2.29. The van der Waals surface area contributed by atoms with E-state index >= 15 is 0 Å². The Hall–Kier alpha value is -13.8. The minimum Gasteiger partial charge on any atom is -0.454 e. The predicted octanol–water partition coefficient (Wildman–Crippen LogP) is 29.4. The third-order valence-electron chi connectivity index (χ3n) is 25.3. The van der Waals surface area contributed by atoms with Gasteiger partial charge in [-0.3, -0.25) is 0 Å². The number of benzene rings is 18. The van der Waals surface area contributed by atoms with Crippen molar-refractivity contribution < 1.29 is 8.83 Å². The summed E-state index contributed by atoms with van der Waals surface area (Å²) in [5, 5.41) is 14.1. The number of hydrogen-bond acceptors (Lipinski definition) is 4. The number of hydrogen-bond donors (Lipinski definition) is 0. The number of fused-ring (bicyclic) bond motifs is 20. The minimum absolute atomic E-state index is 0.436. The van der Waals surface area contributed by atoms with E-state index < -0.39 is 10.8 Å². The molecule has 3 aliphatic carbocycles. The van der Waals surface area contributed by atoms with Gasteiger partial charge in [-0.1, -0.05) is 322 Å². The van der Waals surface area contributed by atoms with Crippen molar-refractivity contribution >= 4 is 121 Å². The van der Waals surface area contributed by atoms with Crippen molar-refractivity contribution in [1.29, 1.82) is 0 Å². The topological polar surface area (TPSA) is 32.8 Å². The molecular weight excluding hydrogens is 1360 g/mol. The van der Waals surface area contributed by atoms with Crippen LogP contribution in [0.5, 0.6) is 0 Å². The maximum Gasteiger partial charge on any atom is 0.159 e. The molecule has 1 fully saturated rings. The molecule has 0 atom stereocenters. The van der Waals surface area contributed by atoms with Crippen LogP contribution in [0.1, 0.15) is 87.2 Å². The molecular formula is C108H74N2O2. The second kappa shape index (κ2) is 25.1. The molecule has 0 unspecified atom stereocenters. The second-order valence-corrected chi connectivity index (χ2v) is 31.1. The average Bonchev–Trinajstić information content (AvgIpc) is 1.52. The fourth-order valence-corrected chi connectivity index (χ4v) is 20.6. The third kappa shape index (κ3) is 9.36. The highest BCUT2D eigenvalue weighted by Crippen LogP contribution is 2.63. The number of furan rings is 2. The Balaban J connectivity index is 0.718. The summed E-state index contributed by atoms with van der Waals surface area (Å²) in [7, 11) is 0. The van der Waals surface area contributed by atoms with Crippen molar-refractivity contribution in [3.8, 4) is 33.4 Å². The Morgan fingerprint density at radius 2 is 0.643 bits per heavy atom. The lowest BCUT2D eigenvalue weighted by Gasteiger charge is -2.35. The van der Waals surface area contributed by atoms with E-state index in [-0.39, 0.29) is 0 Å². The summed E-state index contributed by atoms with van der Waals surface area (Å²) in [5.41, 5.74) is 28.2. The van der Waals surface area contributed by atoms with E-state index in [2.05, 4.69) is 393 Å². The van der Waals surface area contributed by atoms with E-state index in [0.29, 0.717) is 5.92 Å². The van der Waals surface area contributed by atoms with Gasteiger partial charge in [0, 0.05) is 44.3 Å². The lowest BCUT2D eigenvalue weighted by atomic mass is 9.66. The zero-order valence-electron chi connectivity index (χ0n) is 61.9. The van der Waals surface area contributed by atoms with Gasteiger partial charge in [-0.15, -0.1) is 0 Å². The first-order chi connectivity index (χ1) is 55.5. The molecule has 4 heteroatoms. The van der Waals surface area contributed by atoms with Gasteiger partial charge in [-0.2, -0.15) is 0 Å². The molecule has 0 bridgehead atoms. The number of para-hydroxylation sites is 4. The Morgan fingerprint density at radius 1 is 0.259 bits per heavy atom. The summed E-state index contributed by atoms with van der Waals surface area (Å²) in [6.07, 6.45) is 4.77. The van der Waals surface area contributed by atoms with Gasteiger partial charge in [-0.25, -0.2) is 0 Å². The van der Waals surface area contributed by atoms with Crippen molar-refractivity contribution in [2.24, 2.45) is 0 Å². The lowest BCUT2D eigenvalue weighted by molar-refractivity contribution is 0.643. The molecule has 18 aromatic carbocycles. The van der Waals surface area contributed by atoms with Crippen molar-refractivity contribution in [3.63, 3.8) is 0 Å². The zero-order valence-corrected chi connectivity index (χ0v) is 61.9. The van der Waals surface area contributed by atoms with E-state index in [0.717, 1.165) is 118 Å². The summed E-state index contributed by atoms with van der Waals surface area (Å²) in [6.45, 7) is 2.15. The normalized spacial score (nSPS) is 14.1. The Morgan fingerprint density at radius 3 is 1.16 bits per heavy atom. The van der Waals surface area contributed by atoms with Crippen LogP contribution in [0.2, 0.25) is 0 Å². The molecule has 3 aliphatic rings. The summed E-state index contributed by atoms with van der Waals surface area (Å²) in [4.78, 5) is 4.87. The molecule has 112 heavy (non-hydrogen) atoms. The summed E-state index contributed by atoms with van der Waals surface area (Å²) >= 11 is 0. The molecule has 20 aromatic rings. The maximum atomic E-state index is 7.59. The molecule has 4 nitrogen and oxygen atoms in total. The second-order valence-electron chi connectivity index (χ2n) is 31.1. The molecule has 0 saturated heterocycles. The Labute approximate surface area is 650 Å². The molecule has 0 amide bonds. The molecule has 0 aliphatic heterocycles. The van der Waals surface area contributed by atoms with Crippen LogP contribution in [0.25, 0.3) is 120 Å². The number of aryl methyl sites for hydroxylation is 1. The first-order valence-corrected chi connectivity index (χ1v) is 39.5. The number of nitrogens with zero attached hydrogens (tertiary/aromatic N) is 2. The van der Waals surface area contributed by atoms with Crippen LogP contribution >= 0.6 is 0 Å². The van der Waals surface area contributed by atoms with E-state index in [9.17, 15) is 0 Å². The van der Waals surface area contributed by atoms with Crippen molar-refractivity contribution in [2.75, 3.05) is 9.80 Å². The zero-order chi connectivity index (χ0) is 73.8. The molecule has 1 saturated carbocycles. The van der Waals surface area contributed by atoms with Gasteiger partial charge in [0.15, 0.2) is 11.2 Å². The van der Waals surface area contributed by atoms with Crippen molar-refractivity contribution in [3.05, 3.63) is 432 Å². The molecule has 0 N–H and O–H groups in total. The van der Waals surface area contributed by atoms with Crippen LogP contribution in [-0.4, -0.2) is 0 Å². The fraction of sp³-hybridized carbons (Fsp3) is 0.0741. The maximum absolute atomic E-state index is 7.59. The SMILES string of the molecule is Cc1cccc2c1oc1c(N(c3ccc(-c4cc(N(c5ccccc5)c5ccc6c7c(ccc6c5)-c5ccc6ccccc6c5C7(c5ccccc5)c5ccccc5)c5oc6c(C7CCCC7)cccc6c5c4)cc3)c3ccc4c5c(ccc4c3)-c3ccc4ccccc4c3C5(c3ccccc3)c3ccccc3)cccc12. The highest BCUT2D eigenvalue weighted by atomic mass is 16.3. The third-order valence-corrected chi connectivity index (χ3v) is 25.3. The van der Waals surface area contributed by atoms with Crippen LogP contribution in [0, 0.1) is 6.92 Å². The highest BCUT2D eigenvalue weighted by Gasteiger charge is 2.50. The van der Waals surface area contributed by atoms with E-state index in [1.807, 2.05) is 0 Å². The summed E-state index contributed by atoms with van der Waals surface area (Å²) < 4.78 is 14.7. The number of rotatable bonds is 12. The van der Waals surface area contributed by atoms with E-state index in [1.54, 1.807) is 0 Å². The first kappa shape index (κ1) is 64.2. The minimum atomic E-state index is -0.635.